The fourth-order valence-corrected chi connectivity index (χ4v) is 4.10. The van der Waals surface area contributed by atoms with Gasteiger partial charge in [-0.1, -0.05) is 12.5 Å². The highest BCUT2D eigenvalue weighted by Crippen LogP contribution is 2.32. The Kier molecular flexibility index (Phi) is 10.9. The van der Waals surface area contributed by atoms with Crippen molar-refractivity contribution < 1.29 is 48.1 Å². The second kappa shape index (κ2) is 14.3. The van der Waals surface area contributed by atoms with E-state index < -0.39 is 35.6 Å². The summed E-state index contributed by atoms with van der Waals surface area (Å²) in [4.78, 5) is 73.2. The lowest BCUT2D eigenvalue weighted by Gasteiger charge is -2.27. The van der Waals surface area contributed by atoms with Gasteiger partial charge in [-0.2, -0.15) is 0 Å². The number of benzene rings is 1. The number of hydrogen-bond donors (Lipinski definition) is 3. The summed E-state index contributed by atoms with van der Waals surface area (Å²) in [5.74, 6) is -3.79. The fraction of sp³-hybridized carbons (Fsp3) is 0.520. The summed E-state index contributed by atoms with van der Waals surface area (Å²) in [5.41, 5.74) is 0.350. The molecule has 1 saturated heterocycles. The smallest absolute Gasteiger partial charge is 0.329 e. The van der Waals surface area contributed by atoms with Crippen molar-refractivity contribution in [2.75, 3.05) is 45.0 Å². The first-order chi connectivity index (χ1) is 18.3. The molecule has 2 aliphatic heterocycles. The minimum absolute atomic E-state index is 0.0256. The molecule has 5 amide bonds. The summed E-state index contributed by atoms with van der Waals surface area (Å²) in [6, 6.07) is 3.48. The highest BCUT2D eigenvalue weighted by atomic mass is 16.5. The number of carbonyl (C=O) groups excluding carboxylic acids is 5. The SMILES string of the molecule is O=C(O)COCCOCCOCCCCCC(=O)Nc1cccc2c1C(=O)N(C1CCC(=O)NC1=O)C2=O. The van der Waals surface area contributed by atoms with Gasteiger partial charge in [-0.05, 0) is 31.4 Å². The van der Waals surface area contributed by atoms with Crippen LogP contribution in [0.4, 0.5) is 5.69 Å². The van der Waals surface area contributed by atoms with Crippen molar-refractivity contribution >= 4 is 41.2 Å². The largest absolute Gasteiger partial charge is 0.480 e. The van der Waals surface area contributed by atoms with E-state index in [1.54, 1.807) is 6.07 Å². The first-order valence-corrected chi connectivity index (χ1v) is 12.4. The number of hydrogen-bond acceptors (Lipinski definition) is 9. The standard InChI is InChI=1S/C25H31N3O10/c29-19(7-2-1-3-10-36-11-12-37-13-14-38-15-21(31)32)26-17-6-4-5-16-22(17)25(35)28(24(16)34)18-8-9-20(30)27-23(18)33/h4-6,18H,1-3,7-15H2,(H,26,29)(H,31,32)(H,27,30,33). The van der Waals surface area contributed by atoms with Gasteiger partial charge in [0.15, 0.2) is 0 Å². The third kappa shape index (κ3) is 7.91. The summed E-state index contributed by atoms with van der Waals surface area (Å²) >= 11 is 0. The molecule has 2 heterocycles. The van der Waals surface area contributed by atoms with E-state index in [2.05, 4.69) is 10.6 Å². The van der Waals surface area contributed by atoms with Crippen LogP contribution in [0.5, 0.6) is 0 Å². The lowest BCUT2D eigenvalue weighted by Crippen LogP contribution is -2.54. The summed E-state index contributed by atoms with van der Waals surface area (Å²) < 4.78 is 15.5. The third-order valence-electron chi connectivity index (χ3n) is 5.90. The Morgan fingerprint density at radius 2 is 1.66 bits per heavy atom. The maximum atomic E-state index is 13.1. The third-order valence-corrected chi connectivity index (χ3v) is 5.90. The second-order valence-electron chi connectivity index (χ2n) is 8.71. The number of amides is 5. The number of carbonyl (C=O) groups is 6. The molecule has 2 aliphatic rings. The number of imide groups is 2. The van der Waals surface area contributed by atoms with Crippen LogP contribution >= 0.6 is 0 Å². The Hall–Kier alpha value is -3.68. The topological polar surface area (TPSA) is 178 Å². The number of carboxylic acids is 1. The molecule has 0 spiro atoms. The number of fused-ring (bicyclic) bond motifs is 1. The molecular formula is C25H31N3O10. The van der Waals surface area contributed by atoms with E-state index >= 15 is 0 Å². The van der Waals surface area contributed by atoms with Crippen LogP contribution in [0.15, 0.2) is 18.2 Å². The average Bonchev–Trinajstić information content (AvgIpc) is 3.12. The van der Waals surface area contributed by atoms with Crippen LogP contribution < -0.4 is 10.6 Å². The van der Waals surface area contributed by atoms with Crippen molar-refractivity contribution in [2.24, 2.45) is 0 Å². The molecule has 13 heteroatoms. The second-order valence-corrected chi connectivity index (χ2v) is 8.71. The molecule has 1 aromatic carbocycles. The van der Waals surface area contributed by atoms with E-state index in [4.69, 9.17) is 19.3 Å². The van der Waals surface area contributed by atoms with E-state index in [-0.39, 0.29) is 61.8 Å². The van der Waals surface area contributed by atoms with Gasteiger partial charge in [0.1, 0.15) is 12.6 Å². The molecule has 1 fully saturated rings. The molecular weight excluding hydrogens is 502 g/mol. The van der Waals surface area contributed by atoms with Gasteiger partial charge in [-0.15, -0.1) is 0 Å². The van der Waals surface area contributed by atoms with Gasteiger partial charge in [-0.3, -0.25) is 34.2 Å². The lowest BCUT2D eigenvalue weighted by atomic mass is 10.0. The van der Waals surface area contributed by atoms with Crippen LogP contribution in [0.2, 0.25) is 0 Å². The normalized spacial score (nSPS) is 16.9. The maximum absolute atomic E-state index is 13.1. The predicted octanol–water partition coefficient (Wildman–Crippen LogP) is 0.721. The van der Waals surface area contributed by atoms with Gasteiger partial charge in [0.2, 0.25) is 17.7 Å². The average molecular weight is 534 g/mol. The number of carboxylic acid groups (broad SMARTS) is 1. The molecule has 0 aliphatic carbocycles. The number of ether oxygens (including phenoxy) is 3. The minimum Gasteiger partial charge on any atom is -0.480 e. The maximum Gasteiger partial charge on any atom is 0.329 e. The van der Waals surface area contributed by atoms with E-state index in [1.807, 2.05) is 0 Å². The highest BCUT2D eigenvalue weighted by Gasteiger charge is 2.45. The quantitative estimate of drug-likeness (QED) is 0.203. The fourth-order valence-electron chi connectivity index (χ4n) is 4.10. The Balaban J connectivity index is 1.35. The van der Waals surface area contributed by atoms with Gasteiger partial charge in [0, 0.05) is 19.4 Å². The van der Waals surface area contributed by atoms with Crippen LogP contribution in [-0.4, -0.2) is 91.2 Å². The highest BCUT2D eigenvalue weighted by molar-refractivity contribution is 6.26. The van der Waals surface area contributed by atoms with Gasteiger partial charge in [0.05, 0.1) is 43.2 Å². The van der Waals surface area contributed by atoms with Gasteiger partial charge < -0.3 is 24.6 Å². The molecule has 1 aromatic rings. The number of piperidine rings is 1. The molecule has 1 unspecified atom stereocenters. The van der Waals surface area contributed by atoms with Gasteiger partial charge in [-0.25, -0.2) is 4.79 Å². The van der Waals surface area contributed by atoms with Crippen LogP contribution in [0.1, 0.15) is 59.2 Å². The zero-order valence-corrected chi connectivity index (χ0v) is 20.9. The number of aliphatic carboxylic acids is 1. The van der Waals surface area contributed by atoms with Crippen molar-refractivity contribution in [3.63, 3.8) is 0 Å². The summed E-state index contributed by atoms with van der Waals surface area (Å²) in [6.45, 7) is 1.38. The predicted molar refractivity (Wildman–Crippen MR) is 130 cm³/mol. The zero-order valence-electron chi connectivity index (χ0n) is 20.9. The van der Waals surface area contributed by atoms with E-state index in [0.717, 1.165) is 17.7 Å². The summed E-state index contributed by atoms with van der Waals surface area (Å²) in [5, 5.41) is 13.3. The van der Waals surface area contributed by atoms with E-state index in [1.165, 1.54) is 12.1 Å². The van der Waals surface area contributed by atoms with Crippen molar-refractivity contribution in [1.29, 1.82) is 0 Å². The molecule has 0 radical (unpaired) electrons. The van der Waals surface area contributed by atoms with Crippen molar-refractivity contribution in [2.45, 2.75) is 44.6 Å². The zero-order chi connectivity index (χ0) is 27.5. The molecule has 0 saturated carbocycles. The molecule has 0 bridgehead atoms. The van der Waals surface area contributed by atoms with Gasteiger partial charge in [0.25, 0.3) is 11.8 Å². The first kappa shape index (κ1) is 28.9. The van der Waals surface area contributed by atoms with Crippen molar-refractivity contribution in [3.05, 3.63) is 29.3 Å². The molecule has 3 rings (SSSR count). The monoisotopic (exact) mass is 533 g/mol. The number of nitrogens with zero attached hydrogens (tertiary/aromatic N) is 1. The van der Waals surface area contributed by atoms with Crippen molar-refractivity contribution in [3.8, 4) is 0 Å². The van der Waals surface area contributed by atoms with Gasteiger partial charge >= 0.3 is 5.97 Å². The summed E-state index contributed by atoms with van der Waals surface area (Å²) in [7, 11) is 0. The van der Waals surface area contributed by atoms with E-state index in [0.29, 0.717) is 26.2 Å². The number of rotatable bonds is 16. The van der Waals surface area contributed by atoms with Crippen LogP contribution in [0.25, 0.3) is 0 Å². The number of unbranched alkanes of at least 4 members (excludes halogenated alkanes) is 2. The number of anilines is 1. The van der Waals surface area contributed by atoms with E-state index in [9.17, 15) is 28.8 Å². The Bertz CT molecular complexity index is 1070. The first-order valence-electron chi connectivity index (χ1n) is 12.4. The Morgan fingerprint density at radius 3 is 2.37 bits per heavy atom. The molecule has 1 atom stereocenters. The molecule has 13 nitrogen and oxygen atoms in total. The molecule has 38 heavy (non-hydrogen) atoms. The Labute approximate surface area is 218 Å². The van der Waals surface area contributed by atoms with Crippen molar-refractivity contribution in [1.82, 2.24) is 10.2 Å². The molecule has 0 aromatic heterocycles. The summed E-state index contributed by atoms with van der Waals surface area (Å²) in [6.07, 6.45) is 2.36. The minimum atomic E-state index is -1.07. The Morgan fingerprint density at radius 1 is 0.947 bits per heavy atom. The van der Waals surface area contributed by atoms with Crippen LogP contribution in [0.3, 0.4) is 0 Å². The van der Waals surface area contributed by atoms with Crippen LogP contribution in [0, 0.1) is 0 Å². The van der Waals surface area contributed by atoms with Crippen LogP contribution in [-0.2, 0) is 33.4 Å². The molecule has 3 N–H and O–H groups in total. The molecule has 206 valence electrons. The number of nitrogens with one attached hydrogen (secondary N) is 2. The lowest BCUT2D eigenvalue weighted by molar-refractivity contribution is -0.143.